The van der Waals surface area contributed by atoms with Crippen molar-refractivity contribution in [2.45, 2.75) is 0 Å². The summed E-state index contributed by atoms with van der Waals surface area (Å²) in [4.78, 5) is 2.37. The molecule has 0 aliphatic heterocycles. The van der Waals surface area contributed by atoms with Gasteiger partial charge in [-0.3, -0.25) is 0 Å². The van der Waals surface area contributed by atoms with E-state index in [1.165, 1.54) is 36.6 Å². The number of hydrogen-bond donors (Lipinski definition) is 0. The molecule has 0 radical (unpaired) electrons. The van der Waals surface area contributed by atoms with Crippen molar-refractivity contribution in [3.8, 4) is 0 Å². The summed E-state index contributed by atoms with van der Waals surface area (Å²) in [6.07, 6.45) is 0. The van der Waals surface area contributed by atoms with Crippen molar-refractivity contribution in [2.24, 2.45) is 0 Å². The van der Waals surface area contributed by atoms with E-state index in [2.05, 4.69) is 130 Å². The number of hydrogen-bond acceptors (Lipinski definition) is 2. The molecule has 0 unspecified atom stereocenters. The summed E-state index contributed by atoms with van der Waals surface area (Å²) in [5.41, 5.74) is 3.51. The van der Waals surface area contributed by atoms with Crippen LogP contribution in [0.5, 0.6) is 0 Å². The maximum atomic E-state index is 3.59. The van der Waals surface area contributed by atoms with Crippen molar-refractivity contribution in [3.05, 3.63) is 114 Å². The molecule has 1 heterocycles. The number of rotatable bonds is 3. The molecule has 0 aliphatic rings. The fourth-order valence-corrected chi connectivity index (χ4v) is 5.71. The smallest absolute Gasteiger partial charge is 0.0640 e. The van der Waals surface area contributed by atoms with Crippen molar-refractivity contribution < 1.29 is 0 Å². The second kappa shape index (κ2) is 7.52. The van der Waals surface area contributed by atoms with Crippen molar-refractivity contribution in [3.63, 3.8) is 0 Å². The van der Waals surface area contributed by atoms with E-state index in [1.54, 1.807) is 0 Å². The average molecular weight is 480 g/mol. The third-order valence-corrected chi connectivity index (χ3v) is 7.44. The van der Waals surface area contributed by atoms with Gasteiger partial charge in [0.25, 0.3) is 0 Å². The van der Waals surface area contributed by atoms with Gasteiger partial charge >= 0.3 is 0 Å². The Labute approximate surface area is 193 Å². The van der Waals surface area contributed by atoms with E-state index in [0.717, 1.165) is 15.8 Å². The number of nitrogens with zero attached hydrogens (tertiary/aromatic N) is 1. The predicted octanol–water partition coefficient (Wildman–Crippen LogP) is 9.44. The Balaban J connectivity index is 1.64. The van der Waals surface area contributed by atoms with Gasteiger partial charge in [0.15, 0.2) is 0 Å². The molecule has 0 bridgehead atoms. The number of thiophene rings is 1. The molecular weight excluding hydrogens is 462 g/mol. The summed E-state index contributed by atoms with van der Waals surface area (Å²) >= 11 is 5.45. The monoisotopic (exact) mass is 479 g/mol. The molecule has 0 atom stereocenters. The van der Waals surface area contributed by atoms with Crippen LogP contribution in [0.1, 0.15) is 0 Å². The third-order valence-electron chi connectivity index (χ3n) is 5.70. The van der Waals surface area contributed by atoms with Crippen LogP contribution in [0.2, 0.25) is 0 Å². The van der Waals surface area contributed by atoms with Gasteiger partial charge in [-0.1, -0.05) is 76.6 Å². The fourth-order valence-electron chi connectivity index (χ4n) is 4.24. The molecule has 31 heavy (non-hydrogen) atoms. The number of anilines is 3. The van der Waals surface area contributed by atoms with E-state index < -0.39 is 0 Å². The Morgan fingerprint density at radius 3 is 2.16 bits per heavy atom. The quantitative estimate of drug-likeness (QED) is 0.244. The number of halogens is 1. The van der Waals surface area contributed by atoms with Crippen LogP contribution in [0.4, 0.5) is 17.1 Å². The molecule has 1 aromatic heterocycles. The van der Waals surface area contributed by atoms with Gasteiger partial charge in [-0.2, -0.15) is 0 Å². The fraction of sp³-hybridized carbons (Fsp3) is 0. The highest BCUT2D eigenvalue weighted by molar-refractivity contribution is 9.10. The summed E-state index contributed by atoms with van der Waals surface area (Å²) in [5.74, 6) is 0. The normalized spacial score (nSPS) is 11.4. The first kappa shape index (κ1) is 18.6. The van der Waals surface area contributed by atoms with Crippen LogP contribution >= 0.6 is 27.3 Å². The lowest BCUT2D eigenvalue weighted by atomic mass is 10.1. The Hall–Kier alpha value is -3.14. The predicted molar refractivity (Wildman–Crippen MR) is 139 cm³/mol. The topological polar surface area (TPSA) is 3.24 Å². The molecule has 5 aromatic carbocycles. The summed E-state index contributed by atoms with van der Waals surface area (Å²) in [6.45, 7) is 0. The van der Waals surface area contributed by atoms with Crippen molar-refractivity contribution in [1.82, 2.24) is 0 Å². The number of benzene rings is 5. The minimum Gasteiger partial charge on any atom is -0.309 e. The van der Waals surface area contributed by atoms with Crippen LogP contribution < -0.4 is 4.90 Å². The van der Waals surface area contributed by atoms with Gasteiger partial charge in [-0.15, -0.1) is 11.3 Å². The number of fused-ring (bicyclic) bond motifs is 4. The maximum Gasteiger partial charge on any atom is 0.0640 e. The molecule has 0 fully saturated rings. The van der Waals surface area contributed by atoms with Gasteiger partial charge in [-0.05, 0) is 59.3 Å². The molecule has 0 spiro atoms. The minimum atomic E-state index is 1.08. The van der Waals surface area contributed by atoms with Crippen LogP contribution in [0.3, 0.4) is 0 Å². The Bertz CT molecular complexity index is 1550. The van der Waals surface area contributed by atoms with E-state index in [4.69, 9.17) is 0 Å². The lowest BCUT2D eigenvalue weighted by Crippen LogP contribution is -2.10. The molecule has 0 N–H and O–H groups in total. The molecule has 0 aliphatic carbocycles. The second-order valence-electron chi connectivity index (χ2n) is 7.60. The first-order valence-electron chi connectivity index (χ1n) is 10.2. The van der Waals surface area contributed by atoms with Gasteiger partial charge in [-0.25, -0.2) is 0 Å². The molecule has 0 amide bonds. The van der Waals surface area contributed by atoms with Crippen LogP contribution in [-0.4, -0.2) is 0 Å². The molecule has 6 rings (SSSR count). The van der Waals surface area contributed by atoms with Gasteiger partial charge < -0.3 is 4.90 Å². The van der Waals surface area contributed by atoms with Crippen molar-refractivity contribution in [2.75, 3.05) is 4.90 Å². The minimum absolute atomic E-state index is 1.08. The maximum absolute atomic E-state index is 3.59. The van der Waals surface area contributed by atoms with E-state index in [-0.39, 0.29) is 0 Å². The third kappa shape index (κ3) is 3.21. The molecule has 0 saturated heterocycles. The zero-order valence-electron chi connectivity index (χ0n) is 16.6. The van der Waals surface area contributed by atoms with E-state index in [9.17, 15) is 0 Å². The second-order valence-corrected chi connectivity index (χ2v) is 9.56. The zero-order valence-corrected chi connectivity index (χ0v) is 19.0. The Kier molecular flexibility index (Phi) is 4.52. The first-order chi connectivity index (χ1) is 15.3. The SMILES string of the molecule is Brc1ccc(N(c2ccc3ccccc3c2)c2cccc3c2sc2ccccc23)cc1. The van der Waals surface area contributed by atoms with E-state index >= 15 is 0 Å². The lowest BCUT2D eigenvalue weighted by Gasteiger charge is -2.26. The summed E-state index contributed by atoms with van der Waals surface area (Å²) in [5, 5.41) is 5.12. The van der Waals surface area contributed by atoms with Crippen molar-refractivity contribution >= 4 is 75.3 Å². The first-order valence-corrected chi connectivity index (χ1v) is 11.8. The van der Waals surface area contributed by atoms with Crippen molar-refractivity contribution in [1.29, 1.82) is 0 Å². The largest absolute Gasteiger partial charge is 0.309 e. The van der Waals surface area contributed by atoms with Gasteiger partial charge in [0, 0.05) is 31.3 Å². The highest BCUT2D eigenvalue weighted by atomic mass is 79.9. The highest BCUT2D eigenvalue weighted by Gasteiger charge is 2.18. The molecule has 6 aromatic rings. The van der Waals surface area contributed by atoms with E-state index in [0.29, 0.717) is 0 Å². The Morgan fingerprint density at radius 1 is 0.581 bits per heavy atom. The lowest BCUT2D eigenvalue weighted by molar-refractivity contribution is 1.30. The molecular formula is C28H18BrNS. The zero-order chi connectivity index (χ0) is 20.8. The van der Waals surface area contributed by atoms with E-state index in [1.807, 2.05) is 11.3 Å². The van der Waals surface area contributed by atoms with Gasteiger partial charge in [0.2, 0.25) is 0 Å². The van der Waals surface area contributed by atoms with Crippen LogP contribution in [0.25, 0.3) is 30.9 Å². The molecule has 148 valence electrons. The highest BCUT2D eigenvalue weighted by Crippen LogP contribution is 2.45. The van der Waals surface area contributed by atoms with Gasteiger partial charge in [0.05, 0.1) is 10.4 Å². The van der Waals surface area contributed by atoms with Crippen LogP contribution in [-0.2, 0) is 0 Å². The molecule has 0 saturated carbocycles. The standard InChI is InChI=1S/C28H18BrNS/c29-21-13-16-22(17-14-21)30(23-15-12-19-6-1-2-7-20(19)18-23)26-10-5-9-25-24-8-3-4-11-27(24)31-28(25)26/h1-18H. The summed E-state index contributed by atoms with van der Waals surface area (Å²) in [7, 11) is 0. The van der Waals surface area contributed by atoms with Crippen LogP contribution in [0, 0.1) is 0 Å². The Morgan fingerprint density at radius 2 is 1.29 bits per heavy atom. The average Bonchev–Trinajstić information content (AvgIpc) is 3.20. The summed E-state index contributed by atoms with van der Waals surface area (Å²) in [6, 6.07) is 39.1. The molecule has 3 heteroatoms. The summed E-state index contributed by atoms with van der Waals surface area (Å²) < 4.78 is 3.70. The van der Waals surface area contributed by atoms with Gasteiger partial charge in [0.1, 0.15) is 0 Å². The molecule has 1 nitrogen and oxygen atoms in total. The van der Waals surface area contributed by atoms with Crippen LogP contribution in [0.15, 0.2) is 114 Å².